The SMILES string of the molecule is CCC1COC(C)CN1C(=O)c1cccc(N)c1. The summed E-state index contributed by atoms with van der Waals surface area (Å²) < 4.78 is 5.60. The lowest BCUT2D eigenvalue weighted by molar-refractivity contribution is -0.0444. The van der Waals surface area contributed by atoms with Crippen molar-refractivity contribution in [2.75, 3.05) is 18.9 Å². The Kier molecular flexibility index (Phi) is 3.87. The lowest BCUT2D eigenvalue weighted by atomic mass is 10.1. The molecule has 0 aliphatic carbocycles. The van der Waals surface area contributed by atoms with E-state index in [1.54, 1.807) is 12.1 Å². The van der Waals surface area contributed by atoms with E-state index >= 15 is 0 Å². The molecule has 0 bridgehead atoms. The Bertz CT molecular complexity index is 434. The minimum Gasteiger partial charge on any atom is -0.399 e. The van der Waals surface area contributed by atoms with Gasteiger partial charge in [-0.05, 0) is 31.5 Å². The zero-order valence-corrected chi connectivity index (χ0v) is 10.9. The first-order chi connectivity index (χ1) is 8.61. The van der Waals surface area contributed by atoms with Crippen molar-refractivity contribution in [2.24, 2.45) is 0 Å². The van der Waals surface area contributed by atoms with Crippen LogP contribution in [0.3, 0.4) is 0 Å². The predicted molar refractivity (Wildman–Crippen MR) is 71.4 cm³/mol. The van der Waals surface area contributed by atoms with Gasteiger partial charge in [-0.15, -0.1) is 0 Å². The molecule has 1 aliphatic rings. The van der Waals surface area contributed by atoms with Crippen LogP contribution < -0.4 is 5.73 Å². The second-order valence-corrected chi connectivity index (χ2v) is 4.79. The molecule has 0 radical (unpaired) electrons. The maximum absolute atomic E-state index is 12.5. The summed E-state index contributed by atoms with van der Waals surface area (Å²) in [6.07, 6.45) is 0.999. The average molecular weight is 248 g/mol. The summed E-state index contributed by atoms with van der Waals surface area (Å²) >= 11 is 0. The monoisotopic (exact) mass is 248 g/mol. The molecule has 4 heteroatoms. The van der Waals surface area contributed by atoms with E-state index in [0.717, 1.165) is 6.42 Å². The van der Waals surface area contributed by atoms with Gasteiger partial charge in [0.05, 0.1) is 18.8 Å². The Morgan fingerprint density at radius 1 is 1.56 bits per heavy atom. The van der Waals surface area contributed by atoms with Crippen molar-refractivity contribution in [1.82, 2.24) is 4.90 Å². The van der Waals surface area contributed by atoms with E-state index in [1.807, 2.05) is 24.0 Å². The molecule has 0 spiro atoms. The molecular formula is C14H20N2O2. The highest BCUT2D eigenvalue weighted by atomic mass is 16.5. The van der Waals surface area contributed by atoms with Gasteiger partial charge in [0.1, 0.15) is 0 Å². The van der Waals surface area contributed by atoms with Gasteiger partial charge in [-0.3, -0.25) is 4.79 Å². The Balaban J connectivity index is 2.20. The minimum atomic E-state index is 0.0456. The second-order valence-electron chi connectivity index (χ2n) is 4.79. The Morgan fingerprint density at radius 2 is 2.33 bits per heavy atom. The molecule has 1 aliphatic heterocycles. The average Bonchev–Trinajstić information content (AvgIpc) is 2.38. The van der Waals surface area contributed by atoms with E-state index in [0.29, 0.717) is 24.4 Å². The van der Waals surface area contributed by atoms with Gasteiger partial charge >= 0.3 is 0 Å². The molecule has 0 saturated carbocycles. The van der Waals surface area contributed by atoms with E-state index in [4.69, 9.17) is 10.5 Å². The number of nitrogens with two attached hydrogens (primary N) is 1. The fourth-order valence-corrected chi connectivity index (χ4v) is 2.27. The van der Waals surface area contributed by atoms with Gasteiger partial charge in [0.2, 0.25) is 0 Å². The Morgan fingerprint density at radius 3 is 3.00 bits per heavy atom. The quantitative estimate of drug-likeness (QED) is 0.813. The maximum Gasteiger partial charge on any atom is 0.254 e. The van der Waals surface area contributed by atoms with Crippen LogP contribution in [0.25, 0.3) is 0 Å². The van der Waals surface area contributed by atoms with Crippen LogP contribution in [0.1, 0.15) is 30.6 Å². The van der Waals surface area contributed by atoms with Crippen LogP contribution in [0.4, 0.5) is 5.69 Å². The summed E-state index contributed by atoms with van der Waals surface area (Å²) in [7, 11) is 0. The van der Waals surface area contributed by atoms with Crippen molar-refractivity contribution < 1.29 is 9.53 Å². The lowest BCUT2D eigenvalue weighted by Crippen LogP contribution is -2.51. The zero-order valence-electron chi connectivity index (χ0n) is 10.9. The van der Waals surface area contributed by atoms with Crippen LogP contribution in [0.5, 0.6) is 0 Å². The molecule has 1 fully saturated rings. The number of benzene rings is 1. The van der Waals surface area contributed by atoms with Crippen molar-refractivity contribution in [3.8, 4) is 0 Å². The van der Waals surface area contributed by atoms with E-state index in [9.17, 15) is 4.79 Å². The molecule has 1 saturated heterocycles. The van der Waals surface area contributed by atoms with Crippen LogP contribution in [0.2, 0.25) is 0 Å². The van der Waals surface area contributed by atoms with Gasteiger partial charge in [0.25, 0.3) is 5.91 Å². The summed E-state index contributed by atoms with van der Waals surface area (Å²) in [4.78, 5) is 14.4. The number of carbonyl (C=O) groups is 1. The van der Waals surface area contributed by atoms with E-state index in [1.165, 1.54) is 0 Å². The number of ether oxygens (including phenoxy) is 1. The van der Waals surface area contributed by atoms with Crippen LogP contribution in [0.15, 0.2) is 24.3 Å². The highest BCUT2D eigenvalue weighted by Crippen LogP contribution is 2.18. The topological polar surface area (TPSA) is 55.6 Å². The standard InChI is InChI=1S/C14H20N2O2/c1-3-13-9-18-10(2)8-16(13)14(17)11-5-4-6-12(15)7-11/h4-7,10,13H,3,8-9,15H2,1-2H3. The highest BCUT2D eigenvalue weighted by molar-refractivity contribution is 5.95. The van der Waals surface area contributed by atoms with Crippen molar-refractivity contribution >= 4 is 11.6 Å². The van der Waals surface area contributed by atoms with Gasteiger partial charge in [0, 0.05) is 17.8 Å². The van der Waals surface area contributed by atoms with Crippen LogP contribution in [0, 0.1) is 0 Å². The van der Waals surface area contributed by atoms with E-state index in [-0.39, 0.29) is 18.1 Å². The van der Waals surface area contributed by atoms with Crippen molar-refractivity contribution in [2.45, 2.75) is 32.4 Å². The number of hydrogen-bond acceptors (Lipinski definition) is 3. The first kappa shape index (κ1) is 12.9. The molecule has 0 aromatic heterocycles. The second kappa shape index (κ2) is 5.40. The first-order valence-corrected chi connectivity index (χ1v) is 6.40. The van der Waals surface area contributed by atoms with Gasteiger partial charge in [-0.1, -0.05) is 13.0 Å². The summed E-state index contributed by atoms with van der Waals surface area (Å²) in [6.45, 7) is 5.33. The largest absolute Gasteiger partial charge is 0.399 e. The summed E-state index contributed by atoms with van der Waals surface area (Å²) in [5, 5.41) is 0. The number of hydrogen-bond donors (Lipinski definition) is 1. The fourth-order valence-electron chi connectivity index (χ4n) is 2.27. The molecule has 1 heterocycles. The van der Waals surface area contributed by atoms with E-state index in [2.05, 4.69) is 6.92 Å². The van der Waals surface area contributed by atoms with Crippen LogP contribution in [-0.2, 0) is 4.74 Å². The van der Waals surface area contributed by atoms with Crippen LogP contribution in [-0.4, -0.2) is 36.1 Å². The molecule has 98 valence electrons. The predicted octanol–water partition coefficient (Wildman–Crippen LogP) is 1.91. The number of morpholine rings is 1. The number of nitrogens with zero attached hydrogens (tertiary/aromatic N) is 1. The van der Waals surface area contributed by atoms with E-state index < -0.39 is 0 Å². The lowest BCUT2D eigenvalue weighted by Gasteiger charge is -2.38. The molecule has 1 aromatic carbocycles. The summed E-state index contributed by atoms with van der Waals surface area (Å²) in [5.41, 5.74) is 7.00. The fraction of sp³-hybridized carbons (Fsp3) is 0.500. The number of amides is 1. The van der Waals surface area contributed by atoms with Gasteiger partial charge in [-0.2, -0.15) is 0 Å². The zero-order chi connectivity index (χ0) is 13.1. The molecule has 2 unspecified atom stereocenters. The molecule has 2 atom stereocenters. The third-order valence-electron chi connectivity index (χ3n) is 3.33. The van der Waals surface area contributed by atoms with Crippen molar-refractivity contribution in [1.29, 1.82) is 0 Å². The van der Waals surface area contributed by atoms with Gasteiger partial charge < -0.3 is 15.4 Å². The number of rotatable bonds is 2. The van der Waals surface area contributed by atoms with Gasteiger partial charge in [0.15, 0.2) is 0 Å². The number of nitrogen functional groups attached to an aromatic ring is 1. The molecule has 2 rings (SSSR count). The molecule has 1 aromatic rings. The third-order valence-corrected chi connectivity index (χ3v) is 3.33. The summed E-state index contributed by atoms with van der Waals surface area (Å²) in [5.74, 6) is 0.0456. The molecule has 2 N–H and O–H groups in total. The Labute approximate surface area is 108 Å². The molecule has 1 amide bonds. The van der Waals surface area contributed by atoms with Crippen molar-refractivity contribution in [3.63, 3.8) is 0 Å². The molecule has 18 heavy (non-hydrogen) atoms. The highest BCUT2D eigenvalue weighted by Gasteiger charge is 2.29. The maximum atomic E-state index is 12.5. The molecular weight excluding hydrogens is 228 g/mol. The summed E-state index contributed by atoms with van der Waals surface area (Å²) in [6, 6.07) is 7.31. The van der Waals surface area contributed by atoms with Crippen molar-refractivity contribution in [3.05, 3.63) is 29.8 Å². The van der Waals surface area contributed by atoms with Gasteiger partial charge in [-0.25, -0.2) is 0 Å². The Hall–Kier alpha value is -1.55. The smallest absolute Gasteiger partial charge is 0.254 e. The van der Waals surface area contributed by atoms with Crippen LogP contribution >= 0.6 is 0 Å². The third kappa shape index (κ3) is 2.64. The normalized spacial score (nSPS) is 24.0. The molecule has 4 nitrogen and oxygen atoms in total. The number of carbonyl (C=O) groups excluding carboxylic acids is 1. The minimum absolute atomic E-state index is 0.0456. The first-order valence-electron chi connectivity index (χ1n) is 6.40. The number of anilines is 1.